The molecule has 0 unspecified atom stereocenters. The summed E-state index contributed by atoms with van der Waals surface area (Å²) in [4.78, 5) is 13.2. The van der Waals surface area contributed by atoms with Crippen molar-refractivity contribution in [2.24, 2.45) is 0 Å². The SMILES string of the molecule is O=C(/C=C/c1ccc(Sc2ccc(Cl)cc2Cl)c(Cl)c1)NCCO. The first-order valence-electron chi connectivity index (χ1n) is 6.99. The first-order chi connectivity index (χ1) is 11.5. The van der Waals surface area contributed by atoms with Gasteiger partial charge in [0.15, 0.2) is 0 Å². The zero-order valence-corrected chi connectivity index (χ0v) is 15.5. The fourth-order valence-corrected chi connectivity index (χ4v) is 3.44. The summed E-state index contributed by atoms with van der Waals surface area (Å²) in [5.74, 6) is -0.272. The third kappa shape index (κ3) is 5.72. The number of benzene rings is 2. The van der Waals surface area contributed by atoms with E-state index >= 15 is 0 Å². The number of halogens is 3. The second-order valence-electron chi connectivity index (χ2n) is 4.71. The van der Waals surface area contributed by atoms with Crippen molar-refractivity contribution in [2.45, 2.75) is 9.79 Å². The zero-order valence-electron chi connectivity index (χ0n) is 12.4. The van der Waals surface area contributed by atoms with Gasteiger partial charge in [-0.2, -0.15) is 0 Å². The van der Waals surface area contributed by atoms with E-state index in [1.807, 2.05) is 18.2 Å². The molecule has 0 aliphatic heterocycles. The molecule has 2 N–H and O–H groups in total. The Balaban J connectivity index is 2.09. The van der Waals surface area contributed by atoms with Gasteiger partial charge in [-0.3, -0.25) is 4.79 Å². The number of hydrogen-bond acceptors (Lipinski definition) is 3. The average molecular weight is 403 g/mol. The van der Waals surface area contributed by atoms with Gasteiger partial charge in [0, 0.05) is 27.4 Å². The van der Waals surface area contributed by atoms with Crippen LogP contribution in [0.25, 0.3) is 6.08 Å². The lowest BCUT2D eigenvalue weighted by Crippen LogP contribution is -2.24. The first kappa shape index (κ1) is 19.2. The van der Waals surface area contributed by atoms with Gasteiger partial charge in [-0.1, -0.05) is 52.6 Å². The Bertz CT molecular complexity index is 765. The van der Waals surface area contributed by atoms with Crippen LogP contribution in [-0.4, -0.2) is 24.2 Å². The Morgan fingerprint density at radius 1 is 1.08 bits per heavy atom. The molecular weight excluding hydrogens is 389 g/mol. The number of nitrogens with one attached hydrogen (secondary N) is 1. The molecule has 0 radical (unpaired) electrons. The highest BCUT2D eigenvalue weighted by atomic mass is 35.5. The molecule has 24 heavy (non-hydrogen) atoms. The predicted octanol–water partition coefficient (Wildman–Crippen LogP) is 4.92. The quantitative estimate of drug-likeness (QED) is 0.674. The lowest BCUT2D eigenvalue weighted by molar-refractivity contribution is -0.116. The van der Waals surface area contributed by atoms with Crippen molar-refractivity contribution in [2.75, 3.05) is 13.2 Å². The van der Waals surface area contributed by atoms with Crippen molar-refractivity contribution < 1.29 is 9.90 Å². The van der Waals surface area contributed by atoms with Crippen molar-refractivity contribution >= 4 is 58.5 Å². The molecule has 0 bridgehead atoms. The van der Waals surface area contributed by atoms with E-state index < -0.39 is 0 Å². The fraction of sp³-hybridized carbons (Fsp3) is 0.118. The highest BCUT2D eigenvalue weighted by Crippen LogP contribution is 2.38. The molecular formula is C17H14Cl3NO2S. The molecule has 0 heterocycles. The van der Waals surface area contributed by atoms with Crippen LogP contribution >= 0.6 is 46.6 Å². The molecule has 3 nitrogen and oxygen atoms in total. The van der Waals surface area contributed by atoms with Crippen LogP contribution in [0.15, 0.2) is 52.3 Å². The number of aliphatic hydroxyl groups is 1. The fourth-order valence-electron chi connectivity index (χ4n) is 1.79. The summed E-state index contributed by atoms with van der Waals surface area (Å²) in [5, 5.41) is 12.9. The van der Waals surface area contributed by atoms with Gasteiger partial charge >= 0.3 is 0 Å². The van der Waals surface area contributed by atoms with Crippen LogP contribution in [0, 0.1) is 0 Å². The molecule has 2 rings (SSSR count). The van der Waals surface area contributed by atoms with Crippen molar-refractivity contribution in [3.63, 3.8) is 0 Å². The van der Waals surface area contributed by atoms with Gasteiger partial charge < -0.3 is 10.4 Å². The Labute approximate surface area is 159 Å². The topological polar surface area (TPSA) is 49.3 Å². The molecule has 1 amide bonds. The van der Waals surface area contributed by atoms with Gasteiger partial charge in [0.05, 0.1) is 16.7 Å². The molecule has 0 saturated carbocycles. The number of amides is 1. The minimum Gasteiger partial charge on any atom is -0.395 e. The predicted molar refractivity (Wildman–Crippen MR) is 101 cm³/mol. The van der Waals surface area contributed by atoms with E-state index in [0.717, 1.165) is 15.4 Å². The molecule has 0 fully saturated rings. The smallest absolute Gasteiger partial charge is 0.244 e. The summed E-state index contributed by atoms with van der Waals surface area (Å²) >= 11 is 19.8. The summed E-state index contributed by atoms with van der Waals surface area (Å²) in [7, 11) is 0. The Morgan fingerprint density at radius 3 is 2.38 bits per heavy atom. The lowest BCUT2D eigenvalue weighted by Gasteiger charge is -2.07. The van der Waals surface area contributed by atoms with Gasteiger partial charge in [-0.25, -0.2) is 0 Å². The van der Waals surface area contributed by atoms with E-state index in [1.54, 1.807) is 24.3 Å². The van der Waals surface area contributed by atoms with Gasteiger partial charge in [-0.05, 0) is 42.0 Å². The van der Waals surface area contributed by atoms with Gasteiger partial charge in [-0.15, -0.1) is 0 Å². The summed E-state index contributed by atoms with van der Waals surface area (Å²) in [6, 6.07) is 10.8. The van der Waals surface area contributed by atoms with Crippen molar-refractivity contribution in [1.29, 1.82) is 0 Å². The van der Waals surface area contributed by atoms with Crippen molar-refractivity contribution in [3.05, 3.63) is 63.1 Å². The highest BCUT2D eigenvalue weighted by Gasteiger charge is 2.07. The van der Waals surface area contributed by atoms with Crippen LogP contribution < -0.4 is 5.32 Å². The summed E-state index contributed by atoms with van der Waals surface area (Å²) in [6.45, 7) is 0.131. The van der Waals surface area contributed by atoms with Gasteiger partial charge in [0.2, 0.25) is 5.91 Å². The normalized spacial score (nSPS) is 11.0. The molecule has 2 aromatic carbocycles. The monoisotopic (exact) mass is 401 g/mol. The second kappa shape index (κ2) is 9.35. The van der Waals surface area contributed by atoms with Crippen LogP contribution in [0.1, 0.15) is 5.56 Å². The van der Waals surface area contributed by atoms with E-state index in [2.05, 4.69) is 5.32 Å². The molecule has 0 atom stereocenters. The standard InChI is InChI=1S/C17H14Cl3NO2S/c18-12-3-5-16(14(20)10-12)24-15-4-1-11(9-13(15)19)2-6-17(23)21-7-8-22/h1-6,9-10,22H,7-8H2,(H,21,23)/b6-2+. The summed E-state index contributed by atoms with van der Waals surface area (Å²) < 4.78 is 0. The van der Waals surface area contributed by atoms with Crippen LogP contribution in [0.3, 0.4) is 0 Å². The van der Waals surface area contributed by atoms with E-state index in [4.69, 9.17) is 39.9 Å². The second-order valence-corrected chi connectivity index (χ2v) is 7.05. The molecule has 7 heteroatoms. The largest absolute Gasteiger partial charge is 0.395 e. The maximum absolute atomic E-state index is 11.5. The summed E-state index contributed by atoms with van der Waals surface area (Å²) in [6.07, 6.45) is 3.05. The summed E-state index contributed by atoms with van der Waals surface area (Å²) in [5.41, 5.74) is 0.797. The van der Waals surface area contributed by atoms with E-state index in [0.29, 0.717) is 15.1 Å². The molecule has 126 valence electrons. The highest BCUT2D eigenvalue weighted by molar-refractivity contribution is 7.99. The van der Waals surface area contributed by atoms with E-state index in [1.165, 1.54) is 17.8 Å². The molecule has 0 spiro atoms. The van der Waals surface area contributed by atoms with Crippen molar-refractivity contribution in [3.8, 4) is 0 Å². The Kier molecular flexibility index (Phi) is 7.46. The average Bonchev–Trinajstić information content (AvgIpc) is 2.55. The number of hydrogen-bond donors (Lipinski definition) is 2. The minimum absolute atomic E-state index is 0.0927. The molecule has 0 saturated heterocycles. The molecule has 2 aromatic rings. The van der Waals surface area contributed by atoms with E-state index in [-0.39, 0.29) is 19.1 Å². The lowest BCUT2D eigenvalue weighted by atomic mass is 10.2. The van der Waals surface area contributed by atoms with Gasteiger partial charge in [0.1, 0.15) is 0 Å². The Morgan fingerprint density at radius 2 is 1.75 bits per heavy atom. The van der Waals surface area contributed by atoms with Crippen LogP contribution in [-0.2, 0) is 4.79 Å². The van der Waals surface area contributed by atoms with Gasteiger partial charge in [0.25, 0.3) is 0 Å². The maximum Gasteiger partial charge on any atom is 0.244 e. The van der Waals surface area contributed by atoms with Crippen molar-refractivity contribution in [1.82, 2.24) is 5.32 Å². The minimum atomic E-state index is -0.272. The zero-order chi connectivity index (χ0) is 17.5. The maximum atomic E-state index is 11.5. The first-order valence-corrected chi connectivity index (χ1v) is 8.94. The van der Waals surface area contributed by atoms with Crippen LogP contribution in [0.4, 0.5) is 0 Å². The number of aliphatic hydroxyl groups excluding tert-OH is 1. The van der Waals surface area contributed by atoms with E-state index in [9.17, 15) is 4.79 Å². The third-order valence-corrected chi connectivity index (χ3v) is 5.14. The number of rotatable bonds is 6. The number of carbonyl (C=O) groups is 1. The Hall–Kier alpha value is -1.17. The van der Waals surface area contributed by atoms with Crippen LogP contribution in [0.2, 0.25) is 15.1 Å². The number of carbonyl (C=O) groups excluding carboxylic acids is 1. The molecule has 0 aliphatic rings. The molecule has 0 aromatic heterocycles. The third-order valence-electron chi connectivity index (χ3n) is 2.91. The molecule has 0 aliphatic carbocycles. The van der Waals surface area contributed by atoms with Crippen LogP contribution in [0.5, 0.6) is 0 Å².